The van der Waals surface area contributed by atoms with E-state index in [1.54, 1.807) is 20.3 Å². The van der Waals surface area contributed by atoms with Crippen LogP contribution in [-0.2, 0) is 4.79 Å². The van der Waals surface area contributed by atoms with Gasteiger partial charge in [0, 0.05) is 30.7 Å². The van der Waals surface area contributed by atoms with Crippen molar-refractivity contribution >= 4 is 5.91 Å². The third-order valence-corrected chi connectivity index (χ3v) is 5.32. The van der Waals surface area contributed by atoms with Crippen molar-refractivity contribution in [3.8, 4) is 17.2 Å². The maximum Gasteiger partial charge on any atom is 0.223 e. The molecule has 2 aliphatic rings. The third-order valence-electron chi connectivity index (χ3n) is 5.32. The smallest absolute Gasteiger partial charge is 0.223 e. The van der Waals surface area contributed by atoms with Crippen LogP contribution in [0, 0.1) is 11.3 Å². The molecule has 25 heavy (non-hydrogen) atoms. The lowest BCUT2D eigenvalue weighted by molar-refractivity contribution is -0.123. The predicted molar refractivity (Wildman–Crippen MR) is 95.3 cm³/mol. The summed E-state index contributed by atoms with van der Waals surface area (Å²) in [4.78, 5) is 12.3. The van der Waals surface area contributed by atoms with Crippen molar-refractivity contribution in [3.63, 3.8) is 0 Å². The van der Waals surface area contributed by atoms with Crippen LogP contribution in [0.1, 0.15) is 25.7 Å². The first-order chi connectivity index (χ1) is 12.2. The first kappa shape index (κ1) is 17.9. The standard InChI is InChI=1S/C19H28N2O4/c1-23-14-10-15(24-2)12-16(11-14)25-9-3-6-21-18(22)17-13-19(17)4-7-20-8-5-19/h10-12,17,20H,3-9,13H2,1-2H3,(H,21,22). The number of amides is 1. The molecule has 6 heteroatoms. The van der Waals surface area contributed by atoms with Gasteiger partial charge in [0.05, 0.1) is 20.8 Å². The van der Waals surface area contributed by atoms with E-state index >= 15 is 0 Å². The van der Waals surface area contributed by atoms with Gasteiger partial charge in [-0.3, -0.25) is 4.79 Å². The molecule has 1 spiro atoms. The van der Waals surface area contributed by atoms with E-state index in [9.17, 15) is 4.79 Å². The Morgan fingerprint density at radius 3 is 2.44 bits per heavy atom. The van der Waals surface area contributed by atoms with Crippen LogP contribution < -0.4 is 24.8 Å². The number of methoxy groups -OCH3 is 2. The molecule has 1 aliphatic carbocycles. The van der Waals surface area contributed by atoms with Crippen molar-refractivity contribution < 1.29 is 19.0 Å². The van der Waals surface area contributed by atoms with Crippen molar-refractivity contribution in [1.29, 1.82) is 0 Å². The van der Waals surface area contributed by atoms with E-state index in [0.29, 0.717) is 35.8 Å². The summed E-state index contributed by atoms with van der Waals surface area (Å²) in [6.07, 6.45) is 4.09. The molecule has 1 unspecified atom stereocenters. The van der Waals surface area contributed by atoms with E-state index in [-0.39, 0.29) is 11.8 Å². The largest absolute Gasteiger partial charge is 0.496 e. The van der Waals surface area contributed by atoms with Gasteiger partial charge in [-0.2, -0.15) is 0 Å². The molecule has 6 nitrogen and oxygen atoms in total. The molecule has 1 saturated carbocycles. The molecule has 2 N–H and O–H groups in total. The Morgan fingerprint density at radius 2 is 1.80 bits per heavy atom. The number of carbonyl (C=O) groups excluding carboxylic acids is 1. The van der Waals surface area contributed by atoms with E-state index < -0.39 is 0 Å². The Morgan fingerprint density at radius 1 is 1.16 bits per heavy atom. The Hall–Kier alpha value is -1.95. The zero-order valence-corrected chi connectivity index (χ0v) is 15.1. The van der Waals surface area contributed by atoms with Gasteiger partial charge in [0.15, 0.2) is 0 Å². The lowest BCUT2D eigenvalue weighted by Gasteiger charge is -2.23. The number of hydrogen-bond acceptors (Lipinski definition) is 5. The van der Waals surface area contributed by atoms with Gasteiger partial charge in [-0.25, -0.2) is 0 Å². The second-order valence-corrected chi connectivity index (χ2v) is 6.91. The summed E-state index contributed by atoms with van der Waals surface area (Å²) < 4.78 is 16.2. The van der Waals surface area contributed by atoms with E-state index in [1.807, 2.05) is 12.1 Å². The topological polar surface area (TPSA) is 68.8 Å². The molecule has 0 radical (unpaired) electrons. The van der Waals surface area contributed by atoms with Gasteiger partial charge in [0.2, 0.25) is 5.91 Å². The van der Waals surface area contributed by atoms with Crippen LogP contribution in [0.2, 0.25) is 0 Å². The van der Waals surface area contributed by atoms with Crippen LogP contribution >= 0.6 is 0 Å². The number of rotatable bonds is 8. The van der Waals surface area contributed by atoms with E-state index in [1.165, 1.54) is 0 Å². The first-order valence-corrected chi connectivity index (χ1v) is 9.01. The van der Waals surface area contributed by atoms with Crippen LogP contribution in [0.3, 0.4) is 0 Å². The van der Waals surface area contributed by atoms with Gasteiger partial charge in [-0.1, -0.05) is 0 Å². The minimum absolute atomic E-state index is 0.213. The molecule has 1 atom stereocenters. The van der Waals surface area contributed by atoms with Crippen molar-refractivity contribution in [2.45, 2.75) is 25.7 Å². The molecule has 3 rings (SSSR count). The molecule has 0 bridgehead atoms. The van der Waals surface area contributed by atoms with Crippen molar-refractivity contribution in [2.75, 3.05) is 40.5 Å². The maximum atomic E-state index is 12.3. The summed E-state index contributed by atoms with van der Waals surface area (Å²) in [6, 6.07) is 5.46. The van der Waals surface area contributed by atoms with Gasteiger partial charge < -0.3 is 24.8 Å². The zero-order chi connectivity index (χ0) is 17.7. The summed E-state index contributed by atoms with van der Waals surface area (Å²) in [6.45, 7) is 3.27. The SMILES string of the molecule is COc1cc(OC)cc(OCCCNC(=O)C2CC23CCNCC3)c1. The number of ether oxygens (including phenoxy) is 3. The Kier molecular flexibility index (Phi) is 5.68. The Balaban J connectivity index is 1.36. The molecule has 1 aromatic rings. The highest BCUT2D eigenvalue weighted by Gasteiger charge is 2.57. The molecule has 1 saturated heterocycles. The summed E-state index contributed by atoms with van der Waals surface area (Å²) >= 11 is 0. The number of benzene rings is 1. The quantitative estimate of drug-likeness (QED) is 0.703. The van der Waals surface area contributed by atoms with Gasteiger partial charge in [-0.05, 0) is 44.2 Å². The molecule has 1 aliphatic heterocycles. The molecule has 0 aromatic heterocycles. The molecule has 1 heterocycles. The second kappa shape index (κ2) is 7.95. The lowest BCUT2D eigenvalue weighted by Crippen LogP contribution is -2.34. The minimum atomic E-state index is 0.213. The molecular formula is C19H28N2O4. The summed E-state index contributed by atoms with van der Waals surface area (Å²) in [5.41, 5.74) is 0.295. The van der Waals surface area contributed by atoms with Crippen LogP contribution in [0.25, 0.3) is 0 Å². The normalized spacial score (nSPS) is 20.8. The van der Waals surface area contributed by atoms with Crippen molar-refractivity contribution in [2.24, 2.45) is 11.3 Å². The number of hydrogen-bond donors (Lipinski definition) is 2. The molecule has 1 amide bonds. The Labute approximate surface area is 149 Å². The van der Waals surface area contributed by atoms with Crippen LogP contribution in [0.4, 0.5) is 0 Å². The zero-order valence-electron chi connectivity index (χ0n) is 15.1. The van der Waals surface area contributed by atoms with Crippen LogP contribution in [0.5, 0.6) is 17.2 Å². The highest BCUT2D eigenvalue weighted by Crippen LogP contribution is 2.58. The Bertz CT molecular complexity index is 577. The molecular weight excluding hydrogens is 320 g/mol. The molecule has 138 valence electrons. The average molecular weight is 348 g/mol. The molecule has 1 aromatic carbocycles. The summed E-state index contributed by atoms with van der Waals surface area (Å²) in [5.74, 6) is 2.54. The number of piperidine rings is 1. The third kappa shape index (κ3) is 4.37. The van der Waals surface area contributed by atoms with E-state index in [0.717, 1.165) is 38.8 Å². The second-order valence-electron chi connectivity index (χ2n) is 6.91. The molecule has 2 fully saturated rings. The monoisotopic (exact) mass is 348 g/mol. The van der Waals surface area contributed by atoms with Gasteiger partial charge in [0.1, 0.15) is 17.2 Å². The highest BCUT2D eigenvalue weighted by atomic mass is 16.5. The summed E-state index contributed by atoms with van der Waals surface area (Å²) in [5, 5.41) is 6.42. The summed E-state index contributed by atoms with van der Waals surface area (Å²) in [7, 11) is 3.22. The predicted octanol–water partition coefficient (Wildman–Crippen LogP) is 1.98. The van der Waals surface area contributed by atoms with Gasteiger partial charge in [0.25, 0.3) is 0 Å². The fraction of sp³-hybridized carbons (Fsp3) is 0.632. The van der Waals surface area contributed by atoms with Crippen molar-refractivity contribution in [1.82, 2.24) is 10.6 Å². The number of nitrogens with one attached hydrogen (secondary N) is 2. The number of carbonyl (C=O) groups is 1. The van der Waals surface area contributed by atoms with Gasteiger partial charge >= 0.3 is 0 Å². The average Bonchev–Trinajstić information content (AvgIpc) is 3.34. The first-order valence-electron chi connectivity index (χ1n) is 9.01. The lowest BCUT2D eigenvalue weighted by atomic mass is 9.92. The van der Waals surface area contributed by atoms with Crippen LogP contribution in [0.15, 0.2) is 18.2 Å². The fourth-order valence-electron chi connectivity index (χ4n) is 3.66. The van der Waals surface area contributed by atoms with E-state index in [2.05, 4.69) is 10.6 Å². The van der Waals surface area contributed by atoms with Crippen LogP contribution in [-0.4, -0.2) is 46.4 Å². The van der Waals surface area contributed by atoms with Gasteiger partial charge in [-0.15, -0.1) is 0 Å². The fourth-order valence-corrected chi connectivity index (χ4v) is 3.66. The van der Waals surface area contributed by atoms with E-state index in [4.69, 9.17) is 14.2 Å². The minimum Gasteiger partial charge on any atom is -0.496 e. The van der Waals surface area contributed by atoms with Crippen molar-refractivity contribution in [3.05, 3.63) is 18.2 Å². The maximum absolute atomic E-state index is 12.3. The highest BCUT2D eigenvalue weighted by molar-refractivity contribution is 5.82.